The molecule has 5 nitrogen and oxygen atoms in total. The lowest BCUT2D eigenvalue weighted by atomic mass is 10.0. The Morgan fingerprint density at radius 3 is 2.38 bits per heavy atom. The number of nitrogens with one attached hydrogen (secondary N) is 2. The van der Waals surface area contributed by atoms with Gasteiger partial charge in [0.05, 0.1) is 6.61 Å². The first-order chi connectivity index (χ1) is 7.60. The van der Waals surface area contributed by atoms with Gasteiger partial charge in [-0.05, 0) is 12.8 Å². The fourth-order valence-corrected chi connectivity index (χ4v) is 1.54. The molecule has 5 heteroatoms. The van der Waals surface area contributed by atoms with Gasteiger partial charge in [0.15, 0.2) is 0 Å². The van der Waals surface area contributed by atoms with E-state index in [1.807, 2.05) is 14.0 Å². The van der Waals surface area contributed by atoms with Crippen molar-refractivity contribution in [3.05, 3.63) is 11.9 Å². The van der Waals surface area contributed by atoms with E-state index >= 15 is 0 Å². The van der Waals surface area contributed by atoms with E-state index in [1.165, 1.54) is 6.33 Å². The van der Waals surface area contributed by atoms with E-state index in [2.05, 4.69) is 34.4 Å². The van der Waals surface area contributed by atoms with Crippen LogP contribution in [0.2, 0.25) is 0 Å². The number of hydrogen-bond acceptors (Lipinski definition) is 5. The van der Waals surface area contributed by atoms with Crippen LogP contribution in [-0.2, 0) is 0 Å². The number of rotatable bonds is 5. The highest BCUT2D eigenvalue weighted by atomic mass is 16.3. The number of hydrogen-bond donors (Lipinski definition) is 3. The molecule has 0 aliphatic heterocycles. The molecule has 1 heterocycles. The zero-order valence-corrected chi connectivity index (χ0v) is 10.3. The van der Waals surface area contributed by atoms with Crippen LogP contribution in [0.1, 0.15) is 32.3 Å². The molecule has 0 aliphatic carbocycles. The molecule has 0 fully saturated rings. The fourth-order valence-electron chi connectivity index (χ4n) is 1.54. The first kappa shape index (κ1) is 12.7. The number of aliphatic hydroxyl groups is 1. The van der Waals surface area contributed by atoms with Crippen LogP contribution in [0.3, 0.4) is 0 Å². The normalized spacial score (nSPS) is 12.6. The Morgan fingerprint density at radius 1 is 1.25 bits per heavy atom. The highest BCUT2D eigenvalue weighted by molar-refractivity contribution is 5.59. The van der Waals surface area contributed by atoms with Crippen molar-refractivity contribution in [3.63, 3.8) is 0 Å². The summed E-state index contributed by atoms with van der Waals surface area (Å²) in [4.78, 5) is 8.41. The zero-order valence-electron chi connectivity index (χ0n) is 10.3. The first-order valence-corrected chi connectivity index (χ1v) is 5.50. The van der Waals surface area contributed by atoms with Crippen LogP contribution < -0.4 is 10.6 Å². The molecule has 0 amide bonds. The van der Waals surface area contributed by atoms with Gasteiger partial charge in [0.1, 0.15) is 18.0 Å². The second kappa shape index (κ2) is 5.65. The lowest BCUT2D eigenvalue weighted by molar-refractivity contribution is 0.281. The zero-order chi connectivity index (χ0) is 12.1. The van der Waals surface area contributed by atoms with E-state index in [4.69, 9.17) is 5.11 Å². The number of aliphatic hydroxyl groups excluding tert-OH is 1. The largest absolute Gasteiger partial charge is 0.394 e. The third-order valence-corrected chi connectivity index (χ3v) is 2.36. The second-order valence-corrected chi connectivity index (χ2v) is 4.12. The van der Waals surface area contributed by atoms with Gasteiger partial charge in [-0.2, -0.15) is 0 Å². The lowest BCUT2D eigenvalue weighted by Crippen LogP contribution is -2.22. The standard InChI is InChI=1S/C11H20N4O/c1-7(2)9-10(12-4)13-6-14-11(9)15-8(3)5-16/h6-8,16H,5H2,1-4H3,(H2,12,13,14,15). The average molecular weight is 224 g/mol. The van der Waals surface area contributed by atoms with Crippen LogP contribution in [0.25, 0.3) is 0 Å². The molecule has 1 aromatic rings. The third-order valence-electron chi connectivity index (χ3n) is 2.36. The summed E-state index contributed by atoms with van der Waals surface area (Å²) < 4.78 is 0. The van der Waals surface area contributed by atoms with Gasteiger partial charge in [0.2, 0.25) is 0 Å². The summed E-state index contributed by atoms with van der Waals surface area (Å²) in [5.74, 6) is 1.94. The minimum Gasteiger partial charge on any atom is -0.394 e. The Hall–Kier alpha value is -1.36. The summed E-state index contributed by atoms with van der Waals surface area (Å²) >= 11 is 0. The topological polar surface area (TPSA) is 70.1 Å². The molecule has 3 N–H and O–H groups in total. The highest BCUT2D eigenvalue weighted by Gasteiger charge is 2.15. The van der Waals surface area contributed by atoms with E-state index in [9.17, 15) is 0 Å². The van der Waals surface area contributed by atoms with Gasteiger partial charge >= 0.3 is 0 Å². The van der Waals surface area contributed by atoms with Crippen LogP contribution in [0, 0.1) is 0 Å². The van der Waals surface area contributed by atoms with Crippen molar-refractivity contribution in [1.82, 2.24) is 9.97 Å². The predicted octanol–water partition coefficient (Wildman–Crippen LogP) is 1.43. The molecular weight excluding hydrogens is 204 g/mol. The maximum absolute atomic E-state index is 9.03. The van der Waals surface area contributed by atoms with Crippen molar-refractivity contribution >= 4 is 11.6 Å². The van der Waals surface area contributed by atoms with Crippen molar-refractivity contribution in [2.75, 3.05) is 24.3 Å². The van der Waals surface area contributed by atoms with E-state index < -0.39 is 0 Å². The Kier molecular flexibility index (Phi) is 4.49. The molecular formula is C11H20N4O. The molecule has 1 aromatic heterocycles. The third kappa shape index (κ3) is 2.82. The number of anilines is 2. The first-order valence-electron chi connectivity index (χ1n) is 5.50. The van der Waals surface area contributed by atoms with E-state index in [0.29, 0.717) is 5.92 Å². The SMILES string of the molecule is CNc1ncnc(NC(C)CO)c1C(C)C. The molecule has 0 bridgehead atoms. The maximum atomic E-state index is 9.03. The van der Waals surface area contributed by atoms with Gasteiger partial charge in [-0.3, -0.25) is 0 Å². The van der Waals surface area contributed by atoms with Gasteiger partial charge in [0.25, 0.3) is 0 Å². The van der Waals surface area contributed by atoms with E-state index in [1.54, 1.807) is 0 Å². The molecule has 1 rings (SSSR count). The molecule has 1 atom stereocenters. The average Bonchev–Trinajstić information content (AvgIpc) is 2.28. The Bertz CT molecular complexity index is 341. The van der Waals surface area contributed by atoms with Gasteiger partial charge < -0.3 is 15.7 Å². The summed E-state index contributed by atoms with van der Waals surface area (Å²) in [6, 6.07) is -0.0166. The minimum absolute atomic E-state index is 0.0166. The number of nitrogens with zero attached hydrogens (tertiary/aromatic N) is 2. The maximum Gasteiger partial charge on any atom is 0.135 e. The van der Waals surface area contributed by atoms with Crippen LogP contribution >= 0.6 is 0 Å². The summed E-state index contributed by atoms with van der Waals surface area (Å²) in [7, 11) is 1.84. The highest BCUT2D eigenvalue weighted by Crippen LogP contribution is 2.28. The second-order valence-electron chi connectivity index (χ2n) is 4.12. The molecule has 0 saturated carbocycles. The van der Waals surface area contributed by atoms with Gasteiger partial charge in [-0.15, -0.1) is 0 Å². The smallest absolute Gasteiger partial charge is 0.135 e. The van der Waals surface area contributed by atoms with Crippen LogP contribution in [-0.4, -0.2) is 34.8 Å². The number of aromatic nitrogens is 2. The summed E-state index contributed by atoms with van der Waals surface area (Å²) in [6.07, 6.45) is 1.52. The molecule has 0 spiro atoms. The van der Waals surface area contributed by atoms with Crippen molar-refractivity contribution in [1.29, 1.82) is 0 Å². The van der Waals surface area contributed by atoms with Crippen LogP contribution in [0.15, 0.2) is 6.33 Å². The monoisotopic (exact) mass is 224 g/mol. The fraction of sp³-hybridized carbons (Fsp3) is 0.636. The van der Waals surface area contributed by atoms with Gasteiger partial charge in [-0.25, -0.2) is 9.97 Å². The summed E-state index contributed by atoms with van der Waals surface area (Å²) in [5.41, 5.74) is 1.05. The Morgan fingerprint density at radius 2 is 1.88 bits per heavy atom. The molecule has 16 heavy (non-hydrogen) atoms. The summed E-state index contributed by atoms with van der Waals surface area (Å²) in [6.45, 7) is 6.17. The Balaban J connectivity index is 3.07. The molecule has 0 saturated heterocycles. The quantitative estimate of drug-likeness (QED) is 0.706. The summed E-state index contributed by atoms with van der Waals surface area (Å²) in [5, 5.41) is 15.3. The van der Waals surface area contributed by atoms with Crippen molar-refractivity contribution < 1.29 is 5.11 Å². The van der Waals surface area contributed by atoms with E-state index in [-0.39, 0.29) is 12.6 Å². The minimum atomic E-state index is -0.0166. The van der Waals surface area contributed by atoms with Crippen molar-refractivity contribution in [3.8, 4) is 0 Å². The Labute approximate surface area is 96.3 Å². The molecule has 1 unspecified atom stereocenters. The molecule has 0 aromatic carbocycles. The molecule has 0 radical (unpaired) electrons. The molecule has 90 valence electrons. The van der Waals surface area contributed by atoms with Gasteiger partial charge in [0, 0.05) is 18.7 Å². The van der Waals surface area contributed by atoms with Crippen molar-refractivity contribution in [2.24, 2.45) is 0 Å². The lowest BCUT2D eigenvalue weighted by Gasteiger charge is -2.19. The van der Waals surface area contributed by atoms with Crippen LogP contribution in [0.5, 0.6) is 0 Å². The van der Waals surface area contributed by atoms with Gasteiger partial charge in [-0.1, -0.05) is 13.8 Å². The molecule has 0 aliphatic rings. The van der Waals surface area contributed by atoms with Crippen molar-refractivity contribution in [2.45, 2.75) is 32.7 Å². The predicted molar refractivity (Wildman–Crippen MR) is 65.8 cm³/mol. The van der Waals surface area contributed by atoms with E-state index in [0.717, 1.165) is 17.2 Å². The van der Waals surface area contributed by atoms with Crippen LogP contribution in [0.4, 0.5) is 11.6 Å².